The monoisotopic (exact) mass is 701 g/mol. The molecule has 1 saturated heterocycles. The molecule has 0 unspecified atom stereocenters. The molecule has 3 aromatic carbocycles. The number of anilines is 3. The SMILES string of the molecule is CCN(CC(=O)N1CCN(Cc2ccc3c(c2)OCO3)CC1)c1ccc(Oc2ccc(Nc3ccc(Cl)c(Cl)c3)cn2)cc1C(F)(F)F. The predicted octanol–water partition coefficient (Wildman–Crippen LogP) is 7.84. The zero-order valence-electron chi connectivity index (χ0n) is 25.9. The number of alkyl halides is 3. The summed E-state index contributed by atoms with van der Waals surface area (Å²) in [5.74, 6) is 1.29. The van der Waals surface area contributed by atoms with E-state index in [1.54, 1.807) is 36.1 Å². The Bertz CT molecular complexity index is 1770. The molecular formula is C34H32Cl2F3N5O4. The van der Waals surface area contributed by atoms with Crippen LogP contribution in [0.1, 0.15) is 18.1 Å². The average molecular weight is 703 g/mol. The first-order chi connectivity index (χ1) is 23.1. The van der Waals surface area contributed by atoms with Crippen molar-refractivity contribution in [2.45, 2.75) is 19.6 Å². The van der Waals surface area contributed by atoms with E-state index < -0.39 is 11.7 Å². The van der Waals surface area contributed by atoms with E-state index in [0.717, 1.165) is 23.1 Å². The van der Waals surface area contributed by atoms with Crippen LogP contribution in [0.5, 0.6) is 23.1 Å². The average Bonchev–Trinajstić information content (AvgIpc) is 3.54. The van der Waals surface area contributed by atoms with Crippen molar-refractivity contribution >= 4 is 46.2 Å². The van der Waals surface area contributed by atoms with E-state index in [1.807, 2.05) is 18.2 Å². The van der Waals surface area contributed by atoms with Crippen LogP contribution in [0.3, 0.4) is 0 Å². The van der Waals surface area contributed by atoms with Crippen LogP contribution in [0.25, 0.3) is 0 Å². The van der Waals surface area contributed by atoms with Gasteiger partial charge in [0.2, 0.25) is 18.6 Å². The molecule has 9 nitrogen and oxygen atoms in total. The van der Waals surface area contributed by atoms with Gasteiger partial charge in [-0.25, -0.2) is 4.98 Å². The van der Waals surface area contributed by atoms with Crippen LogP contribution in [-0.4, -0.2) is 66.8 Å². The number of pyridine rings is 1. The highest BCUT2D eigenvalue weighted by Gasteiger charge is 2.36. The maximum Gasteiger partial charge on any atom is 0.418 e. The number of nitrogens with one attached hydrogen (secondary N) is 1. The smallest absolute Gasteiger partial charge is 0.418 e. The van der Waals surface area contributed by atoms with E-state index in [2.05, 4.69) is 15.2 Å². The number of amides is 1. The minimum absolute atomic E-state index is 0.0373. The van der Waals surface area contributed by atoms with E-state index in [1.165, 1.54) is 29.3 Å². The summed E-state index contributed by atoms with van der Waals surface area (Å²) in [7, 11) is 0. The Hall–Kier alpha value is -4.39. The molecule has 2 aliphatic heterocycles. The van der Waals surface area contributed by atoms with Gasteiger partial charge >= 0.3 is 6.18 Å². The first-order valence-corrected chi connectivity index (χ1v) is 16.0. The van der Waals surface area contributed by atoms with Gasteiger partial charge in [0.25, 0.3) is 0 Å². The lowest BCUT2D eigenvalue weighted by molar-refractivity contribution is -0.137. The Labute approximate surface area is 285 Å². The zero-order chi connectivity index (χ0) is 33.8. The molecule has 0 spiro atoms. The summed E-state index contributed by atoms with van der Waals surface area (Å²) < 4.78 is 59.5. The van der Waals surface area contributed by atoms with Crippen molar-refractivity contribution in [2.24, 2.45) is 0 Å². The molecule has 1 amide bonds. The third-order valence-corrected chi connectivity index (χ3v) is 8.80. The Morgan fingerprint density at radius 2 is 1.71 bits per heavy atom. The van der Waals surface area contributed by atoms with Gasteiger partial charge in [0.05, 0.1) is 34.0 Å². The minimum atomic E-state index is -4.69. The summed E-state index contributed by atoms with van der Waals surface area (Å²) >= 11 is 12.0. The second-order valence-electron chi connectivity index (χ2n) is 11.3. The number of likely N-dealkylation sites (N-methyl/N-ethyl adjacent to an activating group) is 1. The number of carbonyl (C=O) groups excluding carboxylic acids is 1. The highest BCUT2D eigenvalue weighted by Crippen LogP contribution is 2.40. The van der Waals surface area contributed by atoms with Crippen molar-refractivity contribution < 1.29 is 32.2 Å². The Balaban J connectivity index is 1.07. The van der Waals surface area contributed by atoms with Crippen LogP contribution in [0.2, 0.25) is 10.0 Å². The lowest BCUT2D eigenvalue weighted by Gasteiger charge is -2.36. The molecule has 1 aromatic heterocycles. The summed E-state index contributed by atoms with van der Waals surface area (Å²) in [4.78, 5) is 22.9. The van der Waals surface area contributed by atoms with Gasteiger partial charge in [0, 0.05) is 56.7 Å². The fourth-order valence-corrected chi connectivity index (χ4v) is 5.84. The van der Waals surface area contributed by atoms with Gasteiger partial charge in [-0.2, -0.15) is 13.2 Å². The molecule has 4 aromatic rings. The Morgan fingerprint density at radius 3 is 2.42 bits per heavy atom. The van der Waals surface area contributed by atoms with Crippen molar-refractivity contribution in [3.8, 4) is 23.1 Å². The van der Waals surface area contributed by atoms with Crippen molar-refractivity contribution in [2.75, 3.05) is 56.3 Å². The second kappa shape index (κ2) is 14.4. The number of aromatic nitrogens is 1. The Morgan fingerprint density at radius 1 is 0.938 bits per heavy atom. The van der Waals surface area contributed by atoms with Gasteiger partial charge < -0.3 is 29.3 Å². The van der Waals surface area contributed by atoms with E-state index >= 15 is 0 Å². The molecule has 252 valence electrons. The van der Waals surface area contributed by atoms with Gasteiger partial charge in [-0.05, 0) is 67.1 Å². The second-order valence-corrected chi connectivity index (χ2v) is 12.1. The fourth-order valence-electron chi connectivity index (χ4n) is 5.54. The quantitative estimate of drug-likeness (QED) is 0.179. The number of nitrogens with zero attached hydrogens (tertiary/aromatic N) is 4. The van der Waals surface area contributed by atoms with Crippen LogP contribution in [0, 0.1) is 0 Å². The normalized spacial score (nSPS) is 14.6. The molecule has 1 N–H and O–H groups in total. The zero-order valence-corrected chi connectivity index (χ0v) is 27.4. The molecule has 48 heavy (non-hydrogen) atoms. The number of ether oxygens (including phenoxy) is 3. The molecule has 2 aliphatic rings. The van der Waals surface area contributed by atoms with Gasteiger partial charge in [0.1, 0.15) is 5.75 Å². The molecule has 6 rings (SSSR count). The van der Waals surface area contributed by atoms with Crippen LogP contribution >= 0.6 is 23.2 Å². The summed E-state index contributed by atoms with van der Waals surface area (Å²) in [6.07, 6.45) is -3.20. The number of halogens is 5. The fraction of sp³-hybridized carbons (Fsp3) is 0.294. The van der Waals surface area contributed by atoms with E-state index in [-0.39, 0.29) is 43.1 Å². The topological polar surface area (TPSA) is 79.4 Å². The van der Waals surface area contributed by atoms with E-state index in [9.17, 15) is 18.0 Å². The van der Waals surface area contributed by atoms with Gasteiger partial charge in [0.15, 0.2) is 11.5 Å². The first-order valence-electron chi connectivity index (χ1n) is 15.3. The maximum absolute atomic E-state index is 14.3. The number of rotatable bonds is 10. The van der Waals surface area contributed by atoms with Crippen LogP contribution < -0.4 is 24.4 Å². The van der Waals surface area contributed by atoms with Gasteiger partial charge in [-0.3, -0.25) is 9.69 Å². The van der Waals surface area contributed by atoms with Crippen molar-refractivity contribution in [1.29, 1.82) is 0 Å². The standard InChI is InChI=1S/C34H32Cl2F3N5O4/c1-2-43(20-33(45)44-13-11-42(12-14-44)19-22-3-9-30-31(15-22)47-21-46-30)29-8-6-25(17-26(29)34(37,38)39)48-32-10-5-24(18-40-32)41-23-4-7-27(35)28(36)16-23/h3-10,15-18,41H,2,11-14,19-21H2,1H3. The largest absolute Gasteiger partial charge is 0.454 e. The number of benzene rings is 3. The highest BCUT2D eigenvalue weighted by molar-refractivity contribution is 6.42. The van der Waals surface area contributed by atoms with Gasteiger partial charge in [-0.1, -0.05) is 29.3 Å². The molecule has 0 saturated carbocycles. The summed E-state index contributed by atoms with van der Waals surface area (Å²) in [6, 6.07) is 17.8. The van der Waals surface area contributed by atoms with Crippen LogP contribution in [0.4, 0.5) is 30.2 Å². The first kappa shape index (κ1) is 33.5. The third-order valence-electron chi connectivity index (χ3n) is 8.06. The number of carbonyl (C=O) groups is 1. The molecule has 0 atom stereocenters. The van der Waals surface area contributed by atoms with Crippen LogP contribution in [-0.2, 0) is 17.5 Å². The molecular weight excluding hydrogens is 670 g/mol. The third kappa shape index (κ3) is 8.00. The Kier molecular flexibility index (Phi) is 10.0. The summed E-state index contributed by atoms with van der Waals surface area (Å²) in [5.41, 5.74) is 1.38. The van der Waals surface area contributed by atoms with Crippen LogP contribution in [0.15, 0.2) is 72.9 Å². The van der Waals surface area contributed by atoms with E-state index in [0.29, 0.717) is 54.1 Å². The summed E-state index contributed by atoms with van der Waals surface area (Å²) in [5, 5.41) is 3.93. The van der Waals surface area contributed by atoms with Crippen molar-refractivity contribution in [3.05, 3.63) is 94.1 Å². The highest BCUT2D eigenvalue weighted by atomic mass is 35.5. The lowest BCUT2D eigenvalue weighted by Crippen LogP contribution is -2.51. The molecule has 0 radical (unpaired) electrons. The minimum Gasteiger partial charge on any atom is -0.454 e. The number of fused-ring (bicyclic) bond motifs is 1. The molecule has 3 heterocycles. The van der Waals surface area contributed by atoms with Gasteiger partial charge in [-0.15, -0.1) is 0 Å². The molecule has 0 bridgehead atoms. The molecule has 14 heteroatoms. The maximum atomic E-state index is 14.3. The van der Waals surface area contributed by atoms with E-state index in [4.69, 9.17) is 37.4 Å². The lowest BCUT2D eigenvalue weighted by atomic mass is 10.1. The van der Waals surface area contributed by atoms with Crippen molar-refractivity contribution in [3.63, 3.8) is 0 Å². The molecule has 1 fully saturated rings. The molecule has 0 aliphatic carbocycles. The predicted molar refractivity (Wildman–Crippen MR) is 178 cm³/mol. The summed E-state index contributed by atoms with van der Waals surface area (Å²) in [6.45, 7) is 4.90. The van der Waals surface area contributed by atoms with Crippen molar-refractivity contribution in [1.82, 2.24) is 14.8 Å². The number of hydrogen-bond donors (Lipinski definition) is 1. The number of hydrogen-bond acceptors (Lipinski definition) is 8. The number of piperazine rings is 1.